The molecule has 0 atom stereocenters. The number of primary amides is 1. The minimum Gasteiger partial charge on any atom is -0.478 e. The first-order valence-corrected chi connectivity index (χ1v) is 4.88. The Morgan fingerprint density at radius 3 is 2.94 bits per heavy atom. The summed E-state index contributed by atoms with van der Waals surface area (Å²) in [7, 11) is 0. The molecule has 0 bridgehead atoms. The van der Waals surface area contributed by atoms with E-state index in [0.717, 1.165) is 0 Å². The van der Waals surface area contributed by atoms with Crippen LogP contribution in [0, 0.1) is 0 Å². The van der Waals surface area contributed by atoms with Gasteiger partial charge in [-0.2, -0.15) is 0 Å². The Morgan fingerprint density at radius 1 is 1.53 bits per heavy atom. The van der Waals surface area contributed by atoms with Crippen LogP contribution >= 0.6 is 0 Å². The van der Waals surface area contributed by atoms with E-state index < -0.39 is 11.9 Å². The van der Waals surface area contributed by atoms with Gasteiger partial charge >= 0.3 is 5.97 Å². The van der Waals surface area contributed by atoms with Crippen LogP contribution in [0.15, 0.2) is 18.5 Å². The summed E-state index contributed by atoms with van der Waals surface area (Å²) < 4.78 is 4.91. The number of hydrogen-bond donors (Lipinski definition) is 3. The van der Waals surface area contributed by atoms with Crippen LogP contribution in [0.1, 0.15) is 10.4 Å². The topological polar surface area (TPSA) is 115 Å². The van der Waals surface area contributed by atoms with Crippen LogP contribution in [0.2, 0.25) is 0 Å². The Balaban J connectivity index is 2.41. The van der Waals surface area contributed by atoms with Gasteiger partial charge in [-0.1, -0.05) is 0 Å². The Morgan fingerprint density at radius 2 is 2.29 bits per heavy atom. The summed E-state index contributed by atoms with van der Waals surface area (Å²) in [5, 5.41) is 11.7. The van der Waals surface area contributed by atoms with E-state index in [9.17, 15) is 9.59 Å². The fraction of sp³-hybridized carbons (Fsp3) is 0.300. The second-order valence-corrected chi connectivity index (χ2v) is 3.17. The van der Waals surface area contributed by atoms with Gasteiger partial charge in [0.15, 0.2) is 0 Å². The number of nitrogens with zero attached hydrogens (tertiary/aromatic N) is 1. The minimum absolute atomic E-state index is 0.134. The summed E-state index contributed by atoms with van der Waals surface area (Å²) in [5.41, 5.74) is 5.42. The van der Waals surface area contributed by atoms with Crippen molar-refractivity contribution in [3.05, 3.63) is 24.0 Å². The number of nitrogens with two attached hydrogens (primary N) is 1. The maximum Gasteiger partial charge on any atom is 0.337 e. The first-order valence-electron chi connectivity index (χ1n) is 4.88. The molecule has 7 nitrogen and oxygen atoms in total. The van der Waals surface area contributed by atoms with Gasteiger partial charge in [0.25, 0.3) is 0 Å². The molecule has 7 heteroatoms. The number of aromatic carboxylic acids is 1. The van der Waals surface area contributed by atoms with Crippen LogP contribution in [0.5, 0.6) is 0 Å². The zero-order valence-electron chi connectivity index (χ0n) is 9.05. The van der Waals surface area contributed by atoms with E-state index >= 15 is 0 Å². The van der Waals surface area contributed by atoms with Gasteiger partial charge in [-0.05, 0) is 6.07 Å². The predicted octanol–water partition coefficient (Wildman–Crippen LogP) is -0.306. The lowest BCUT2D eigenvalue weighted by atomic mass is 10.2. The van der Waals surface area contributed by atoms with Gasteiger partial charge in [0.2, 0.25) is 5.91 Å². The number of nitrogens with one attached hydrogen (secondary N) is 1. The summed E-state index contributed by atoms with van der Waals surface area (Å²) in [6.45, 7) is 0.455. The number of anilines is 1. The molecule has 0 spiro atoms. The zero-order chi connectivity index (χ0) is 12.7. The smallest absolute Gasteiger partial charge is 0.337 e. The Labute approximate surface area is 97.6 Å². The molecule has 0 aliphatic heterocycles. The lowest BCUT2D eigenvalue weighted by Gasteiger charge is -2.08. The fourth-order valence-corrected chi connectivity index (χ4v) is 1.15. The summed E-state index contributed by atoms with van der Waals surface area (Å²) in [5.74, 6) is -1.58. The number of carbonyl (C=O) groups excluding carboxylic acids is 1. The zero-order valence-corrected chi connectivity index (χ0v) is 9.05. The van der Waals surface area contributed by atoms with Gasteiger partial charge in [-0.15, -0.1) is 0 Å². The van der Waals surface area contributed by atoms with E-state index in [1.807, 2.05) is 0 Å². The standard InChI is InChI=1S/C10H13N3O4/c11-9(14)6-17-4-3-13-8-5-12-2-1-7(8)10(15)16/h1-2,5,13H,3-4,6H2,(H2,11,14)(H,15,16). The van der Waals surface area contributed by atoms with E-state index in [4.69, 9.17) is 15.6 Å². The maximum atomic E-state index is 10.8. The molecule has 4 N–H and O–H groups in total. The molecule has 1 heterocycles. The highest BCUT2D eigenvalue weighted by Crippen LogP contribution is 2.12. The van der Waals surface area contributed by atoms with Gasteiger partial charge in [-0.25, -0.2) is 4.79 Å². The number of amides is 1. The highest BCUT2D eigenvalue weighted by Gasteiger charge is 2.08. The van der Waals surface area contributed by atoms with Crippen molar-refractivity contribution < 1.29 is 19.4 Å². The van der Waals surface area contributed by atoms with Crippen molar-refractivity contribution >= 4 is 17.6 Å². The third kappa shape index (κ3) is 4.47. The highest BCUT2D eigenvalue weighted by atomic mass is 16.5. The average Bonchev–Trinajstić information content (AvgIpc) is 2.28. The molecule has 1 aromatic rings. The Bertz CT molecular complexity index is 408. The highest BCUT2D eigenvalue weighted by molar-refractivity contribution is 5.93. The van der Waals surface area contributed by atoms with Gasteiger partial charge < -0.3 is 20.9 Å². The summed E-state index contributed by atoms with van der Waals surface area (Å²) in [4.78, 5) is 25.0. The molecular weight excluding hydrogens is 226 g/mol. The number of carbonyl (C=O) groups is 2. The first kappa shape index (κ1) is 12.9. The van der Waals surface area contributed by atoms with Gasteiger partial charge in [0, 0.05) is 12.7 Å². The monoisotopic (exact) mass is 239 g/mol. The number of hydrogen-bond acceptors (Lipinski definition) is 5. The number of pyridine rings is 1. The van der Waals surface area contributed by atoms with Crippen molar-refractivity contribution in [2.24, 2.45) is 5.73 Å². The van der Waals surface area contributed by atoms with Gasteiger partial charge in [0.1, 0.15) is 6.61 Å². The van der Waals surface area contributed by atoms with Crippen LogP contribution in [-0.4, -0.2) is 41.7 Å². The van der Waals surface area contributed by atoms with Crippen molar-refractivity contribution in [2.75, 3.05) is 25.1 Å². The van der Waals surface area contributed by atoms with Crippen molar-refractivity contribution in [2.45, 2.75) is 0 Å². The van der Waals surface area contributed by atoms with Crippen LogP contribution in [-0.2, 0) is 9.53 Å². The first-order chi connectivity index (χ1) is 8.11. The molecule has 1 aromatic heterocycles. The second kappa shape index (κ2) is 6.44. The lowest BCUT2D eigenvalue weighted by molar-refractivity contribution is -0.122. The van der Waals surface area contributed by atoms with Gasteiger partial charge in [0.05, 0.1) is 24.1 Å². The third-order valence-electron chi connectivity index (χ3n) is 1.86. The second-order valence-electron chi connectivity index (χ2n) is 3.17. The summed E-state index contributed by atoms with van der Waals surface area (Å²) >= 11 is 0. The Hall–Kier alpha value is -2.15. The van der Waals surface area contributed by atoms with Crippen LogP contribution in [0.25, 0.3) is 0 Å². The molecule has 0 saturated heterocycles. The molecule has 0 aliphatic carbocycles. The molecule has 17 heavy (non-hydrogen) atoms. The fourth-order valence-electron chi connectivity index (χ4n) is 1.15. The van der Waals surface area contributed by atoms with Crippen LogP contribution in [0.3, 0.4) is 0 Å². The van der Waals surface area contributed by atoms with E-state index in [1.54, 1.807) is 0 Å². The van der Waals surface area contributed by atoms with Crippen LogP contribution < -0.4 is 11.1 Å². The summed E-state index contributed by atoms with van der Waals surface area (Å²) in [6.07, 6.45) is 2.82. The van der Waals surface area contributed by atoms with E-state index in [2.05, 4.69) is 10.3 Å². The molecule has 0 saturated carbocycles. The van der Waals surface area contributed by atoms with Crippen molar-refractivity contribution in [3.8, 4) is 0 Å². The van der Waals surface area contributed by atoms with Gasteiger partial charge in [-0.3, -0.25) is 9.78 Å². The van der Waals surface area contributed by atoms with Crippen molar-refractivity contribution in [1.29, 1.82) is 0 Å². The maximum absolute atomic E-state index is 10.8. The predicted molar refractivity (Wildman–Crippen MR) is 59.7 cm³/mol. The molecular formula is C10H13N3O4. The van der Waals surface area contributed by atoms with E-state index in [-0.39, 0.29) is 18.8 Å². The van der Waals surface area contributed by atoms with Crippen molar-refractivity contribution in [3.63, 3.8) is 0 Å². The minimum atomic E-state index is -1.03. The quantitative estimate of drug-likeness (QED) is 0.562. The van der Waals surface area contributed by atoms with E-state index in [1.165, 1.54) is 18.5 Å². The molecule has 0 aromatic carbocycles. The van der Waals surface area contributed by atoms with Crippen LogP contribution in [0.4, 0.5) is 5.69 Å². The largest absolute Gasteiger partial charge is 0.478 e. The molecule has 0 unspecified atom stereocenters. The number of ether oxygens (including phenoxy) is 1. The normalized spacial score (nSPS) is 9.88. The third-order valence-corrected chi connectivity index (χ3v) is 1.86. The molecule has 1 amide bonds. The SMILES string of the molecule is NC(=O)COCCNc1cnccc1C(=O)O. The Kier molecular flexibility index (Phi) is 4.89. The molecule has 0 aliphatic rings. The number of carboxylic acid groups (broad SMARTS) is 1. The summed E-state index contributed by atoms with van der Waals surface area (Å²) in [6, 6.07) is 1.40. The average molecular weight is 239 g/mol. The van der Waals surface area contributed by atoms with E-state index in [0.29, 0.717) is 12.2 Å². The number of aromatic nitrogens is 1. The molecule has 1 rings (SSSR count). The molecule has 92 valence electrons. The lowest BCUT2D eigenvalue weighted by Crippen LogP contribution is -2.21. The number of rotatable bonds is 7. The number of carboxylic acids is 1. The molecule has 0 radical (unpaired) electrons. The van der Waals surface area contributed by atoms with Crippen molar-refractivity contribution in [1.82, 2.24) is 4.98 Å². The molecule has 0 fully saturated rings.